The van der Waals surface area contributed by atoms with Crippen LogP contribution in [0.25, 0.3) is 0 Å². The van der Waals surface area contributed by atoms with Gasteiger partial charge < -0.3 is 115 Å². The van der Waals surface area contributed by atoms with Crippen LogP contribution in [-0.2, 0) is 115 Å². The molecule has 6 saturated heterocycles. The summed E-state index contributed by atoms with van der Waals surface area (Å²) in [6, 6.07) is 3.26. The van der Waals surface area contributed by atoms with Crippen molar-refractivity contribution in [1.82, 2.24) is 89.1 Å². The van der Waals surface area contributed by atoms with Crippen molar-refractivity contribution in [2.75, 3.05) is 39.3 Å². The molecule has 830 valence electrons. The van der Waals surface area contributed by atoms with Gasteiger partial charge in [-0.1, -0.05) is 95.6 Å². The second-order valence-corrected chi connectivity index (χ2v) is 43.6. The molecule has 3 aromatic rings. The van der Waals surface area contributed by atoms with Gasteiger partial charge in [-0.3, -0.25) is 111 Å². The molecule has 6 aliphatic heterocycles. The SMILES string of the molecule is CC(C)C[C@@H]1NC(=O)[C@H](Cc2ccc(O)cc2)NC(=O)[C@@H]2CCCN2[C@@H](C(=O)NC(C)(C)C)CNC(=O)[C@H]([C@@H](C)O)NC(=O)[C@H](CC(=O)O)CC1=O.CC(C)C[C@@H]1NC(=O)[C@H](Cc2ccc(O)cc2)NC(=O)[C@@H]2CCCN2[C@H](C(=O)NC(C)(C)C)CNC(=O)[C@H]([C@@H](C)O)NC(=O)[C@H](CC(=O)O)CC1=O.Cc1ccc(C[C@@H]2NC(=O)[C@@H]3CCCN3C[C@H](C)NC(=O)[C@H]([C@@H](C)O)NC(=O)[C@H](CC(=O)O)CC(=O)[C@H](CC(C)C)NC2=O)cc1. The van der Waals surface area contributed by atoms with Crippen LogP contribution in [0.1, 0.15) is 229 Å². The molecule has 0 unspecified atom stereocenters. The number of aromatic hydroxyl groups is 2. The maximum absolute atomic E-state index is 14.1. The number of rotatable bonds is 23. The summed E-state index contributed by atoms with van der Waals surface area (Å²) >= 11 is 0. The lowest BCUT2D eigenvalue weighted by molar-refractivity contribution is -0.143. The van der Waals surface area contributed by atoms with Gasteiger partial charge >= 0.3 is 17.9 Å². The molecule has 21 atom stereocenters. The van der Waals surface area contributed by atoms with E-state index in [-0.39, 0.29) is 86.8 Å². The number of aliphatic carboxylic acids is 3. The maximum Gasteiger partial charge on any atom is 0.304 e. The van der Waals surface area contributed by atoms with Gasteiger partial charge in [-0.2, -0.15) is 0 Å². The average molecular weight is 2110 g/mol. The van der Waals surface area contributed by atoms with Crippen LogP contribution >= 0.6 is 0 Å². The average Bonchev–Trinajstić information content (AvgIpc) is 1.68. The summed E-state index contributed by atoms with van der Waals surface area (Å²) in [5.41, 5.74) is 1.66. The van der Waals surface area contributed by atoms with Crippen molar-refractivity contribution in [3.8, 4) is 11.5 Å². The third-order valence-electron chi connectivity index (χ3n) is 26.5. The van der Waals surface area contributed by atoms with Crippen molar-refractivity contribution in [2.24, 2.45) is 35.5 Å². The summed E-state index contributed by atoms with van der Waals surface area (Å²) in [7, 11) is 0. The highest BCUT2D eigenvalue weighted by Crippen LogP contribution is 2.29. The topological polar surface area (TPSA) is 681 Å². The lowest BCUT2D eigenvalue weighted by Gasteiger charge is -2.35. The fourth-order valence-corrected chi connectivity index (χ4v) is 19.0. The van der Waals surface area contributed by atoms with E-state index in [9.17, 15) is 137 Å². The molecule has 45 heteroatoms. The lowest BCUT2D eigenvalue weighted by Crippen LogP contribution is -2.62. The standard InChI is InChI=1S/2C36H54N6O10.C33H49N5O8/c2*1-19(2)14-24-28(45)16-22(17-29(46)47)31(48)40-30(20(3)43)35(52)37-18-27(34(51)41-36(4,5)6)42-13-7-8-26(42)33(50)39-25(32(49)38-24)15-21-9-11-23(44)12-10-21;1-18(2)13-24-27(40)15-23(16-28(41)42)30(43)37-29(21(5)39)33(46)34-20(4)17-38-12-6-7-26(38)32(45)36-25(31(44)35-24)14-22-10-8-19(3)9-11-22/h2*9-12,19-20,22,24-27,30,43-44H,7-8,13-18H2,1-6H3,(H,37,52)(H,38,49)(H,39,50)(H,40,48)(H,41,51)(H,46,47);8-11,18,20-21,23-26,29,39H,6-7,12-17H2,1-5H3,(H,34,46)(H,35,44)(H,36,45)(H,37,43)(H,41,42)/t20-,22+,24+,25+,26+,27+,30+;20-,22+,24+,25+,26+,27-,30+;20-,21+,23-,24-,25-,26-,29-/m110/s1. The molecule has 6 aliphatic rings. The number of hydrogen-bond donors (Lipinski definition) is 22. The molecule has 14 amide bonds. The molecule has 0 radical (unpaired) electrons. The first-order valence-corrected chi connectivity index (χ1v) is 51.5. The van der Waals surface area contributed by atoms with Crippen molar-refractivity contribution in [3.05, 3.63) is 95.1 Å². The second-order valence-electron chi connectivity index (χ2n) is 43.6. The smallest absolute Gasteiger partial charge is 0.304 e. The van der Waals surface area contributed by atoms with Crippen LogP contribution in [0.4, 0.5) is 0 Å². The predicted molar refractivity (Wildman–Crippen MR) is 546 cm³/mol. The van der Waals surface area contributed by atoms with Crippen LogP contribution in [0.2, 0.25) is 0 Å². The van der Waals surface area contributed by atoms with Crippen molar-refractivity contribution in [3.63, 3.8) is 0 Å². The zero-order chi connectivity index (χ0) is 112. The van der Waals surface area contributed by atoms with E-state index in [0.29, 0.717) is 69.4 Å². The Bertz CT molecular complexity index is 5000. The molecular formula is C105H157N17O28. The number of aliphatic hydroxyl groups excluding tert-OH is 3. The Morgan fingerprint density at radius 2 is 0.640 bits per heavy atom. The Kier molecular flexibility index (Phi) is 47.3. The summed E-state index contributed by atoms with van der Waals surface area (Å²) in [4.78, 5) is 273. The van der Waals surface area contributed by atoms with Gasteiger partial charge in [0, 0.05) is 75.3 Å². The third kappa shape index (κ3) is 39.7. The highest BCUT2D eigenvalue weighted by molar-refractivity contribution is 6.02. The van der Waals surface area contributed by atoms with Crippen LogP contribution in [0.15, 0.2) is 72.8 Å². The fraction of sp³-hybridized carbons (Fsp3) is 0.638. The molecule has 3 aromatic carbocycles. The number of carboxylic acid groups (broad SMARTS) is 3. The molecular weight excluding hydrogens is 1950 g/mol. The van der Waals surface area contributed by atoms with E-state index in [1.165, 1.54) is 45.0 Å². The van der Waals surface area contributed by atoms with Gasteiger partial charge in [-0.15, -0.1) is 0 Å². The molecule has 0 bridgehead atoms. The minimum Gasteiger partial charge on any atom is -0.508 e. The number of phenols is 2. The van der Waals surface area contributed by atoms with Crippen LogP contribution in [0, 0.1) is 42.4 Å². The van der Waals surface area contributed by atoms with Gasteiger partial charge in [0.15, 0.2) is 17.3 Å². The Morgan fingerprint density at radius 1 is 0.360 bits per heavy atom. The van der Waals surface area contributed by atoms with Crippen molar-refractivity contribution >= 4 is 118 Å². The van der Waals surface area contributed by atoms with E-state index in [1.54, 1.807) is 82.5 Å². The van der Waals surface area contributed by atoms with E-state index < -0.39 is 288 Å². The van der Waals surface area contributed by atoms with Gasteiger partial charge in [-0.05, 0) is 212 Å². The number of Topliss-reactive ketones (excluding diaryl/α,β-unsaturated/α-hetero) is 3. The van der Waals surface area contributed by atoms with Gasteiger partial charge in [0.1, 0.15) is 59.8 Å². The van der Waals surface area contributed by atoms with Crippen LogP contribution < -0.4 is 74.4 Å². The number of fused-ring (bicyclic) bond motifs is 3. The largest absolute Gasteiger partial charge is 0.508 e. The predicted octanol–water partition coefficient (Wildman–Crippen LogP) is -0.0612. The third-order valence-corrected chi connectivity index (χ3v) is 26.5. The van der Waals surface area contributed by atoms with Crippen molar-refractivity contribution < 1.29 is 137 Å². The molecule has 6 heterocycles. The van der Waals surface area contributed by atoms with Gasteiger partial charge in [0.05, 0.1) is 91.6 Å². The zero-order valence-corrected chi connectivity index (χ0v) is 88.8. The number of benzene rings is 3. The van der Waals surface area contributed by atoms with Gasteiger partial charge in [0.2, 0.25) is 82.7 Å². The number of hydrogen-bond acceptors (Lipinski definition) is 28. The summed E-state index contributed by atoms with van der Waals surface area (Å²) in [6.45, 7) is 29.9. The van der Waals surface area contributed by atoms with E-state index in [4.69, 9.17) is 0 Å². The van der Waals surface area contributed by atoms with Crippen LogP contribution in [0.5, 0.6) is 11.5 Å². The summed E-state index contributed by atoms with van der Waals surface area (Å²) in [5.74, 6) is -20.1. The van der Waals surface area contributed by atoms with Crippen LogP contribution in [0.3, 0.4) is 0 Å². The minimum absolute atomic E-state index is 0.00229. The van der Waals surface area contributed by atoms with Gasteiger partial charge in [0.25, 0.3) is 0 Å². The Labute approximate surface area is 874 Å². The number of carboxylic acids is 3. The summed E-state index contributed by atoms with van der Waals surface area (Å²) < 4.78 is 0. The van der Waals surface area contributed by atoms with E-state index in [0.717, 1.165) is 17.5 Å². The highest BCUT2D eigenvalue weighted by atomic mass is 16.4. The van der Waals surface area contributed by atoms with Crippen molar-refractivity contribution in [1.29, 1.82) is 0 Å². The second kappa shape index (κ2) is 57.3. The number of ketones is 3. The number of phenolic OH excluding ortho intramolecular Hbond substituents is 2. The first-order valence-electron chi connectivity index (χ1n) is 51.5. The Morgan fingerprint density at radius 3 is 0.933 bits per heavy atom. The lowest BCUT2D eigenvalue weighted by atomic mass is 9.90. The van der Waals surface area contributed by atoms with Crippen LogP contribution in [-0.4, -0.2) is 333 Å². The Balaban J connectivity index is 0.000000305. The number of amides is 14. The monoisotopic (exact) mass is 2100 g/mol. The summed E-state index contributed by atoms with van der Waals surface area (Å²) in [6.07, 6.45) is -4.66. The number of nitrogens with one attached hydrogen (secondary N) is 14. The molecule has 0 aliphatic carbocycles. The van der Waals surface area contributed by atoms with Gasteiger partial charge in [-0.25, -0.2) is 0 Å². The van der Waals surface area contributed by atoms with E-state index >= 15 is 0 Å². The first kappa shape index (κ1) is 124. The molecule has 9 rings (SSSR count). The molecule has 150 heavy (non-hydrogen) atoms. The van der Waals surface area contributed by atoms with E-state index in [2.05, 4.69) is 74.4 Å². The van der Waals surface area contributed by atoms with Crippen molar-refractivity contribution in [2.45, 2.75) is 353 Å². The molecule has 22 N–H and O–H groups in total. The molecule has 45 nitrogen and oxygen atoms in total. The minimum atomic E-state index is -1.58. The number of nitrogens with zero attached hydrogens (tertiary/aromatic N) is 3. The zero-order valence-electron chi connectivity index (χ0n) is 88.8. The number of aliphatic hydroxyl groups is 3. The highest BCUT2D eigenvalue weighted by Gasteiger charge is 2.48. The molecule has 0 aromatic heterocycles. The Hall–Kier alpha value is -13.0. The number of aryl methyl sites for hydroxylation is 1. The number of carbonyl (C=O) groups is 20. The first-order chi connectivity index (χ1) is 70.1. The molecule has 6 fully saturated rings. The van der Waals surface area contributed by atoms with E-state index in [1.807, 2.05) is 77.6 Å². The normalized spacial score (nSPS) is 27.1. The number of carbonyl (C=O) groups excluding carboxylic acids is 17. The quantitative estimate of drug-likeness (QED) is 0.0591. The molecule has 0 saturated carbocycles. The molecule has 0 spiro atoms. The summed E-state index contributed by atoms with van der Waals surface area (Å²) in [5, 5.41) is 118. The maximum atomic E-state index is 14.1. The fourth-order valence-electron chi connectivity index (χ4n) is 19.0.